The number of aliphatic imine (C=N–C) groups is 1. The highest BCUT2D eigenvalue weighted by molar-refractivity contribution is 5.96. The first kappa shape index (κ1) is 22.1. The number of ether oxygens (including phenoxy) is 1. The van der Waals surface area contributed by atoms with Crippen LogP contribution in [0.3, 0.4) is 0 Å². The molecule has 0 fully saturated rings. The van der Waals surface area contributed by atoms with Gasteiger partial charge in [0.1, 0.15) is 24.5 Å². The summed E-state index contributed by atoms with van der Waals surface area (Å²) in [6, 6.07) is 7.91. The lowest BCUT2D eigenvalue weighted by molar-refractivity contribution is 0.224. The molecule has 0 unspecified atom stereocenters. The number of nitrogens with zero attached hydrogens (tertiary/aromatic N) is 5. The van der Waals surface area contributed by atoms with Gasteiger partial charge in [-0.1, -0.05) is 19.9 Å². The van der Waals surface area contributed by atoms with E-state index in [1.54, 1.807) is 12.5 Å². The van der Waals surface area contributed by atoms with Gasteiger partial charge in [0.25, 0.3) is 6.43 Å². The Morgan fingerprint density at radius 1 is 1.06 bits per heavy atom. The number of fused-ring (bicyclic) bond motifs is 3. The average Bonchev–Trinajstić information content (AvgIpc) is 3.16. The van der Waals surface area contributed by atoms with E-state index in [0.29, 0.717) is 24.5 Å². The summed E-state index contributed by atoms with van der Waals surface area (Å²) in [5.41, 5.74) is 6.50. The molecular weight excluding hydrogens is 448 g/mol. The van der Waals surface area contributed by atoms with Crippen molar-refractivity contribution >= 4 is 17.2 Å². The van der Waals surface area contributed by atoms with Crippen LogP contribution in [0.4, 0.5) is 20.3 Å². The molecular formula is C27H27F2N5O. The first-order valence-electron chi connectivity index (χ1n) is 12.0. The van der Waals surface area contributed by atoms with Crippen molar-refractivity contribution in [3.63, 3.8) is 0 Å². The molecule has 3 aromatic rings. The molecule has 180 valence electrons. The van der Waals surface area contributed by atoms with Gasteiger partial charge in [-0.25, -0.2) is 23.7 Å². The summed E-state index contributed by atoms with van der Waals surface area (Å²) in [6.45, 7) is 6.58. The van der Waals surface area contributed by atoms with E-state index in [9.17, 15) is 8.78 Å². The van der Waals surface area contributed by atoms with Gasteiger partial charge in [-0.3, -0.25) is 4.98 Å². The molecule has 2 aromatic heterocycles. The van der Waals surface area contributed by atoms with Crippen LogP contribution in [-0.2, 0) is 25.8 Å². The lowest BCUT2D eigenvalue weighted by Crippen LogP contribution is -2.31. The molecule has 0 bridgehead atoms. The van der Waals surface area contributed by atoms with Crippen molar-refractivity contribution in [3.05, 3.63) is 59.3 Å². The summed E-state index contributed by atoms with van der Waals surface area (Å²) >= 11 is 0. The van der Waals surface area contributed by atoms with E-state index in [2.05, 4.69) is 39.8 Å². The Morgan fingerprint density at radius 2 is 1.94 bits per heavy atom. The third-order valence-electron chi connectivity index (χ3n) is 7.19. The second-order valence-corrected chi connectivity index (χ2v) is 10.3. The van der Waals surface area contributed by atoms with Crippen LogP contribution in [0.2, 0.25) is 0 Å². The zero-order chi connectivity index (χ0) is 24.2. The number of alkyl halides is 2. The molecule has 8 heteroatoms. The Kier molecular flexibility index (Phi) is 5.27. The summed E-state index contributed by atoms with van der Waals surface area (Å²) in [4.78, 5) is 20.1. The van der Waals surface area contributed by atoms with Crippen molar-refractivity contribution in [1.82, 2.24) is 15.0 Å². The number of hydrogen-bond donors (Lipinski definition) is 0. The predicted octanol–water partition coefficient (Wildman–Crippen LogP) is 5.35. The molecule has 3 aliphatic rings. The summed E-state index contributed by atoms with van der Waals surface area (Å²) in [5.74, 6) is 1.85. The summed E-state index contributed by atoms with van der Waals surface area (Å²) in [6.07, 6.45) is 4.04. The largest absolute Gasteiger partial charge is 0.491 e. The lowest BCUT2D eigenvalue weighted by atomic mass is 9.76. The van der Waals surface area contributed by atoms with Gasteiger partial charge in [-0.2, -0.15) is 0 Å². The predicted molar refractivity (Wildman–Crippen MR) is 131 cm³/mol. The van der Waals surface area contributed by atoms with E-state index in [1.165, 1.54) is 5.56 Å². The van der Waals surface area contributed by atoms with E-state index >= 15 is 0 Å². The molecule has 6 rings (SSSR count). The van der Waals surface area contributed by atoms with E-state index in [4.69, 9.17) is 9.72 Å². The fourth-order valence-corrected chi connectivity index (χ4v) is 5.25. The van der Waals surface area contributed by atoms with Crippen LogP contribution < -0.4 is 9.64 Å². The first-order valence-corrected chi connectivity index (χ1v) is 12.0. The summed E-state index contributed by atoms with van der Waals surface area (Å²) in [5, 5.41) is 0. The van der Waals surface area contributed by atoms with E-state index in [1.807, 2.05) is 18.2 Å². The quantitative estimate of drug-likeness (QED) is 0.511. The molecule has 0 atom stereocenters. The molecule has 0 amide bonds. The maximum Gasteiger partial charge on any atom is 0.277 e. The maximum atomic E-state index is 13.1. The second-order valence-electron chi connectivity index (χ2n) is 10.3. The fraction of sp³-hybridized carbons (Fsp3) is 0.407. The Labute approximate surface area is 203 Å². The van der Waals surface area contributed by atoms with Gasteiger partial charge in [0.15, 0.2) is 0 Å². The summed E-state index contributed by atoms with van der Waals surface area (Å²) in [7, 11) is 0. The topological polar surface area (TPSA) is 63.5 Å². The van der Waals surface area contributed by atoms with Gasteiger partial charge in [0, 0.05) is 41.5 Å². The normalized spacial score (nSPS) is 18.3. The molecule has 0 saturated heterocycles. The highest BCUT2D eigenvalue weighted by Crippen LogP contribution is 2.39. The molecule has 0 spiro atoms. The van der Waals surface area contributed by atoms with Gasteiger partial charge in [-0.05, 0) is 48.4 Å². The zero-order valence-electron chi connectivity index (χ0n) is 19.9. The van der Waals surface area contributed by atoms with Crippen LogP contribution in [0.1, 0.15) is 42.8 Å². The van der Waals surface area contributed by atoms with Crippen LogP contribution >= 0.6 is 0 Å². The molecule has 4 heterocycles. The second kappa shape index (κ2) is 8.36. The minimum absolute atomic E-state index is 0.111. The van der Waals surface area contributed by atoms with Crippen molar-refractivity contribution in [3.8, 4) is 16.9 Å². The van der Waals surface area contributed by atoms with E-state index < -0.39 is 6.43 Å². The van der Waals surface area contributed by atoms with Crippen molar-refractivity contribution in [2.24, 2.45) is 10.4 Å². The minimum atomic E-state index is -2.55. The Balaban J connectivity index is 1.33. The smallest absolute Gasteiger partial charge is 0.277 e. The Morgan fingerprint density at radius 3 is 2.80 bits per heavy atom. The number of aromatic nitrogens is 3. The molecule has 6 nitrogen and oxygen atoms in total. The molecule has 0 radical (unpaired) electrons. The third kappa shape index (κ3) is 4.15. The summed E-state index contributed by atoms with van der Waals surface area (Å²) < 4.78 is 32.3. The van der Waals surface area contributed by atoms with E-state index in [-0.39, 0.29) is 17.5 Å². The SMILES string of the molecule is CC1(C)CCc2ncnc(N3CCOc4ccc(-c5cnc6c(c5)N=C(C(F)F)C6)cc4C3)c2C1. The third-order valence-corrected chi connectivity index (χ3v) is 7.19. The highest BCUT2D eigenvalue weighted by atomic mass is 19.3. The number of halogens is 2. The van der Waals surface area contributed by atoms with Crippen molar-refractivity contribution in [2.45, 2.75) is 52.5 Å². The van der Waals surface area contributed by atoms with Gasteiger partial charge in [-0.15, -0.1) is 0 Å². The molecule has 1 aliphatic carbocycles. The molecule has 0 saturated carbocycles. The van der Waals surface area contributed by atoms with Crippen molar-refractivity contribution in [1.29, 1.82) is 0 Å². The minimum Gasteiger partial charge on any atom is -0.491 e. The lowest BCUT2D eigenvalue weighted by Gasteiger charge is -2.33. The van der Waals surface area contributed by atoms with E-state index in [0.717, 1.165) is 59.8 Å². The number of benzene rings is 1. The van der Waals surface area contributed by atoms with Gasteiger partial charge >= 0.3 is 0 Å². The van der Waals surface area contributed by atoms with Crippen LogP contribution in [0, 0.1) is 5.41 Å². The maximum absolute atomic E-state index is 13.1. The van der Waals surface area contributed by atoms with Gasteiger partial charge in [0.05, 0.1) is 23.6 Å². The van der Waals surface area contributed by atoms with Crippen LogP contribution in [0.25, 0.3) is 11.1 Å². The van der Waals surface area contributed by atoms with Crippen molar-refractivity contribution < 1.29 is 13.5 Å². The Hall–Kier alpha value is -3.42. The average molecular weight is 476 g/mol. The standard InChI is InChI=1S/C27H27F2N5O/c1-27(2)6-5-20-19(12-27)26(32-15-31-20)34-7-8-35-24-4-3-16(9-18(24)14-34)17-10-22-21(30-13-17)11-23(33-22)25(28)29/h3-4,9-10,13,15,25H,5-8,11-12,14H2,1-2H3. The Bertz CT molecular complexity index is 1340. The fourth-order valence-electron chi connectivity index (χ4n) is 5.25. The van der Waals surface area contributed by atoms with Crippen molar-refractivity contribution in [2.75, 3.05) is 18.1 Å². The molecule has 0 N–H and O–H groups in total. The van der Waals surface area contributed by atoms with Crippen LogP contribution in [0.15, 0.2) is 41.8 Å². The number of aryl methyl sites for hydroxylation is 1. The van der Waals surface area contributed by atoms with Crippen LogP contribution in [-0.4, -0.2) is 40.2 Å². The first-order chi connectivity index (χ1) is 16.9. The number of hydrogen-bond acceptors (Lipinski definition) is 6. The van der Waals surface area contributed by atoms with Crippen LogP contribution in [0.5, 0.6) is 5.75 Å². The molecule has 2 aliphatic heterocycles. The monoisotopic (exact) mass is 475 g/mol. The number of anilines is 1. The van der Waals surface area contributed by atoms with Gasteiger partial charge < -0.3 is 9.64 Å². The zero-order valence-corrected chi connectivity index (χ0v) is 19.9. The highest BCUT2D eigenvalue weighted by Gasteiger charge is 2.31. The molecule has 35 heavy (non-hydrogen) atoms. The number of pyridine rings is 1. The number of rotatable bonds is 3. The van der Waals surface area contributed by atoms with Gasteiger partial charge in [0.2, 0.25) is 0 Å². The molecule has 1 aromatic carbocycles.